The van der Waals surface area contributed by atoms with E-state index in [9.17, 15) is 13.2 Å². The lowest BCUT2D eigenvalue weighted by atomic mass is 10.3. The molecule has 0 saturated heterocycles. The largest absolute Gasteiger partial charge is 0.324 e. The third-order valence-electron chi connectivity index (χ3n) is 2.04. The second-order valence-corrected chi connectivity index (χ2v) is 6.34. The van der Waals surface area contributed by atoms with E-state index in [0.29, 0.717) is 15.7 Å². The molecule has 18 heavy (non-hydrogen) atoms. The molecule has 100 valence electrons. The average Bonchev–Trinajstić information content (AvgIpc) is 2.31. The molecule has 0 aliphatic carbocycles. The normalized spacial score (nSPS) is 11.3. The molecule has 0 fully saturated rings. The Hall–Kier alpha value is -0.820. The first kappa shape index (κ1) is 15.2. The summed E-state index contributed by atoms with van der Waals surface area (Å²) in [5, 5.41) is 3.21. The van der Waals surface area contributed by atoms with Crippen LogP contribution in [0.5, 0.6) is 0 Å². The van der Waals surface area contributed by atoms with Gasteiger partial charge in [0, 0.05) is 5.02 Å². The fraction of sp³-hybridized carbons (Fsp3) is 0.300. The molecule has 1 rings (SSSR count). The van der Waals surface area contributed by atoms with Gasteiger partial charge in [0.05, 0.1) is 23.0 Å². The van der Waals surface area contributed by atoms with Gasteiger partial charge in [0.1, 0.15) is 0 Å². The molecule has 0 bridgehead atoms. The molecule has 1 aromatic rings. The fourth-order valence-electron chi connectivity index (χ4n) is 1.07. The van der Waals surface area contributed by atoms with Crippen LogP contribution in [0.25, 0.3) is 0 Å². The van der Waals surface area contributed by atoms with Gasteiger partial charge in [0.15, 0.2) is 0 Å². The van der Waals surface area contributed by atoms with Crippen molar-refractivity contribution in [2.24, 2.45) is 0 Å². The number of carbonyl (C=O) groups excluding carboxylic acids is 1. The summed E-state index contributed by atoms with van der Waals surface area (Å²) in [5.41, 5.74) is 0.338. The Balaban J connectivity index is 2.63. The summed E-state index contributed by atoms with van der Waals surface area (Å²) < 4.78 is 24.4. The highest BCUT2D eigenvalue weighted by Gasteiger charge is 2.11. The van der Waals surface area contributed by atoms with Crippen LogP contribution >= 0.6 is 23.2 Å². The molecule has 8 heteroatoms. The third kappa shape index (κ3) is 4.81. The van der Waals surface area contributed by atoms with Crippen molar-refractivity contribution in [2.75, 3.05) is 17.6 Å². The Labute approximate surface area is 116 Å². The van der Waals surface area contributed by atoms with Gasteiger partial charge in [-0.3, -0.25) is 4.79 Å². The van der Waals surface area contributed by atoms with Crippen molar-refractivity contribution in [3.05, 3.63) is 28.2 Å². The smallest absolute Gasteiger partial charge is 0.239 e. The summed E-state index contributed by atoms with van der Waals surface area (Å²) >= 11 is 11.6. The van der Waals surface area contributed by atoms with Crippen molar-refractivity contribution in [3.8, 4) is 0 Å². The number of carbonyl (C=O) groups is 1. The number of halogens is 2. The van der Waals surface area contributed by atoms with Crippen molar-refractivity contribution < 1.29 is 13.2 Å². The van der Waals surface area contributed by atoms with E-state index in [-0.39, 0.29) is 12.3 Å². The number of nitrogens with one attached hydrogen (secondary N) is 2. The topological polar surface area (TPSA) is 75.3 Å². The quantitative estimate of drug-likeness (QED) is 0.871. The minimum Gasteiger partial charge on any atom is -0.324 e. The van der Waals surface area contributed by atoms with Gasteiger partial charge in [0.2, 0.25) is 15.9 Å². The first-order valence-corrected chi connectivity index (χ1v) is 7.47. The Kier molecular flexibility index (Phi) is 5.40. The van der Waals surface area contributed by atoms with E-state index < -0.39 is 15.9 Å². The summed E-state index contributed by atoms with van der Waals surface area (Å²) in [6.45, 7) is 1.13. The number of hydrogen-bond acceptors (Lipinski definition) is 3. The second-order valence-electron chi connectivity index (χ2n) is 3.40. The van der Waals surface area contributed by atoms with Crippen molar-refractivity contribution in [1.82, 2.24) is 4.72 Å². The van der Waals surface area contributed by atoms with Crippen LogP contribution in [0.15, 0.2) is 18.2 Å². The van der Waals surface area contributed by atoms with Gasteiger partial charge in [-0.1, -0.05) is 23.2 Å². The molecule has 5 nitrogen and oxygen atoms in total. The Morgan fingerprint density at radius 3 is 2.61 bits per heavy atom. The van der Waals surface area contributed by atoms with Crippen LogP contribution in [0.4, 0.5) is 5.69 Å². The standard InChI is InChI=1S/C10H12Cl2N2O3S/c1-2-18(16,17)13-6-10(15)14-9-5-7(11)3-4-8(9)12/h3-5,13H,2,6H2,1H3,(H,14,15). The average molecular weight is 311 g/mol. The molecule has 0 heterocycles. The SMILES string of the molecule is CCS(=O)(=O)NCC(=O)Nc1cc(Cl)ccc1Cl. The summed E-state index contributed by atoms with van der Waals surface area (Å²) in [7, 11) is -3.40. The minimum atomic E-state index is -3.40. The zero-order chi connectivity index (χ0) is 13.8. The van der Waals surface area contributed by atoms with E-state index in [1.165, 1.54) is 19.1 Å². The van der Waals surface area contributed by atoms with Crippen LogP contribution in [0.1, 0.15) is 6.92 Å². The first-order valence-electron chi connectivity index (χ1n) is 5.06. The molecule has 0 saturated carbocycles. The lowest BCUT2D eigenvalue weighted by molar-refractivity contribution is -0.115. The van der Waals surface area contributed by atoms with Crippen molar-refractivity contribution in [2.45, 2.75) is 6.92 Å². The molecule has 0 atom stereocenters. The summed E-state index contributed by atoms with van der Waals surface area (Å²) in [4.78, 5) is 11.5. The van der Waals surface area contributed by atoms with Crippen molar-refractivity contribution in [1.29, 1.82) is 0 Å². The molecule has 2 N–H and O–H groups in total. The lowest BCUT2D eigenvalue weighted by Crippen LogP contribution is -2.33. The molecule has 1 amide bonds. The Morgan fingerprint density at radius 2 is 2.00 bits per heavy atom. The van der Waals surface area contributed by atoms with Gasteiger partial charge in [0.25, 0.3) is 0 Å². The van der Waals surface area contributed by atoms with Gasteiger partial charge < -0.3 is 5.32 Å². The van der Waals surface area contributed by atoms with Gasteiger partial charge in [-0.2, -0.15) is 0 Å². The van der Waals surface area contributed by atoms with Crippen molar-refractivity contribution in [3.63, 3.8) is 0 Å². The molecule has 0 unspecified atom stereocenters. The summed E-state index contributed by atoms with van der Waals surface area (Å²) in [6, 6.07) is 4.60. The molecule has 0 aromatic heterocycles. The summed E-state index contributed by atoms with van der Waals surface area (Å²) in [5.74, 6) is -0.603. The minimum absolute atomic E-state index is 0.0851. The number of benzene rings is 1. The van der Waals surface area contributed by atoms with Gasteiger partial charge >= 0.3 is 0 Å². The van der Waals surface area contributed by atoms with Crippen LogP contribution < -0.4 is 10.0 Å². The predicted molar refractivity (Wildman–Crippen MR) is 72.6 cm³/mol. The maximum atomic E-state index is 11.5. The highest BCUT2D eigenvalue weighted by Crippen LogP contribution is 2.25. The van der Waals surface area contributed by atoms with E-state index in [1.807, 2.05) is 0 Å². The van der Waals surface area contributed by atoms with E-state index in [4.69, 9.17) is 23.2 Å². The highest BCUT2D eigenvalue weighted by molar-refractivity contribution is 7.89. The zero-order valence-corrected chi connectivity index (χ0v) is 11.9. The van der Waals surface area contributed by atoms with Crippen LogP contribution in [0, 0.1) is 0 Å². The number of sulfonamides is 1. The van der Waals surface area contributed by atoms with Gasteiger partial charge in [-0.05, 0) is 25.1 Å². The van der Waals surface area contributed by atoms with Crippen LogP contribution in [0.2, 0.25) is 10.0 Å². The summed E-state index contributed by atoms with van der Waals surface area (Å²) in [6.07, 6.45) is 0. The Bertz CT molecular complexity index is 546. The third-order valence-corrected chi connectivity index (χ3v) is 3.94. The van der Waals surface area contributed by atoms with E-state index in [1.54, 1.807) is 6.07 Å². The predicted octanol–water partition coefficient (Wildman–Crippen LogP) is 1.87. The highest BCUT2D eigenvalue weighted by atomic mass is 35.5. The molecular formula is C10H12Cl2N2O3S. The zero-order valence-electron chi connectivity index (χ0n) is 9.54. The van der Waals surface area contributed by atoms with Crippen LogP contribution in [0.3, 0.4) is 0 Å². The molecule has 0 aliphatic heterocycles. The van der Waals surface area contributed by atoms with Gasteiger partial charge in [-0.15, -0.1) is 0 Å². The molecule has 1 aromatic carbocycles. The number of anilines is 1. The fourth-order valence-corrected chi connectivity index (χ4v) is 1.96. The second kappa shape index (κ2) is 6.38. The lowest BCUT2D eigenvalue weighted by Gasteiger charge is -2.08. The maximum Gasteiger partial charge on any atom is 0.239 e. The van der Waals surface area contributed by atoms with Crippen LogP contribution in [-0.2, 0) is 14.8 Å². The van der Waals surface area contributed by atoms with E-state index in [2.05, 4.69) is 10.0 Å². The molecule has 0 radical (unpaired) electrons. The number of amides is 1. The first-order chi connectivity index (χ1) is 8.34. The molecular weight excluding hydrogens is 299 g/mol. The van der Waals surface area contributed by atoms with Crippen LogP contribution in [-0.4, -0.2) is 26.6 Å². The molecule has 0 spiro atoms. The Morgan fingerprint density at radius 1 is 1.33 bits per heavy atom. The number of rotatable bonds is 5. The monoisotopic (exact) mass is 310 g/mol. The molecule has 0 aliphatic rings. The van der Waals surface area contributed by atoms with Gasteiger partial charge in [-0.25, -0.2) is 13.1 Å². The maximum absolute atomic E-state index is 11.5. The number of hydrogen-bond donors (Lipinski definition) is 2. The van der Waals surface area contributed by atoms with E-state index in [0.717, 1.165) is 0 Å². The van der Waals surface area contributed by atoms with Crippen molar-refractivity contribution >= 4 is 44.8 Å². The van der Waals surface area contributed by atoms with E-state index >= 15 is 0 Å².